The minimum atomic E-state index is 0.0441. The molecular formula is C20H30N6OS. The number of ether oxygens (including phenoxy) is 1. The largest absolute Gasteiger partial charge is 0.370 e. The Morgan fingerprint density at radius 2 is 2.29 bits per heavy atom. The second kappa shape index (κ2) is 9.05. The summed E-state index contributed by atoms with van der Waals surface area (Å²) in [5.74, 6) is 0.954. The fourth-order valence-electron chi connectivity index (χ4n) is 3.93. The van der Waals surface area contributed by atoms with Gasteiger partial charge in [-0.15, -0.1) is 11.3 Å². The standard InChI is InChI=1S/C20H30N6OS/c1-21-20(26-10-11-27-17(14-26)15-12-23-25(2)13-15)22-9-5-8-19-24-16-6-3-4-7-18(16)28-19/h12-13,17H,3-11,14H2,1-2H3,(H,21,22). The topological polar surface area (TPSA) is 67.6 Å². The van der Waals surface area contributed by atoms with Crippen molar-refractivity contribution < 1.29 is 4.74 Å². The monoisotopic (exact) mass is 402 g/mol. The van der Waals surface area contributed by atoms with Gasteiger partial charge in [0.2, 0.25) is 0 Å². The average molecular weight is 403 g/mol. The maximum atomic E-state index is 5.94. The third kappa shape index (κ3) is 4.55. The Bertz CT molecular complexity index is 790. The van der Waals surface area contributed by atoms with Gasteiger partial charge in [0.05, 0.1) is 30.1 Å². The van der Waals surface area contributed by atoms with Crippen LogP contribution in [0.5, 0.6) is 0 Å². The van der Waals surface area contributed by atoms with Crippen LogP contribution in [0.3, 0.4) is 0 Å². The molecule has 2 aromatic rings. The molecule has 0 aromatic carbocycles. The molecule has 0 amide bonds. The summed E-state index contributed by atoms with van der Waals surface area (Å²) in [6.07, 6.45) is 11.1. The molecule has 3 heterocycles. The molecule has 1 saturated heterocycles. The SMILES string of the molecule is CN=C(NCCCc1nc2c(s1)CCCC2)N1CCOC(c2cnn(C)c2)C1. The predicted molar refractivity (Wildman–Crippen MR) is 112 cm³/mol. The number of aryl methyl sites for hydroxylation is 4. The molecule has 2 aromatic heterocycles. The van der Waals surface area contributed by atoms with E-state index in [9.17, 15) is 0 Å². The van der Waals surface area contributed by atoms with E-state index >= 15 is 0 Å². The highest BCUT2D eigenvalue weighted by molar-refractivity contribution is 7.11. The van der Waals surface area contributed by atoms with Crippen LogP contribution >= 0.6 is 11.3 Å². The van der Waals surface area contributed by atoms with Gasteiger partial charge in [0.15, 0.2) is 5.96 Å². The summed E-state index contributed by atoms with van der Waals surface area (Å²) in [6.45, 7) is 3.26. The Morgan fingerprint density at radius 1 is 1.39 bits per heavy atom. The minimum absolute atomic E-state index is 0.0441. The number of rotatable bonds is 5. The molecule has 0 bridgehead atoms. The highest BCUT2D eigenvalue weighted by atomic mass is 32.1. The summed E-state index contributed by atoms with van der Waals surface area (Å²) in [6, 6.07) is 0. The van der Waals surface area contributed by atoms with Crippen molar-refractivity contribution in [2.75, 3.05) is 33.3 Å². The van der Waals surface area contributed by atoms with E-state index in [0.717, 1.165) is 44.0 Å². The number of aromatic nitrogens is 3. The van der Waals surface area contributed by atoms with E-state index in [1.807, 2.05) is 42.5 Å². The first kappa shape index (κ1) is 19.4. The van der Waals surface area contributed by atoms with E-state index in [2.05, 4.69) is 20.3 Å². The van der Waals surface area contributed by atoms with Gasteiger partial charge < -0.3 is 15.0 Å². The maximum Gasteiger partial charge on any atom is 0.193 e. The van der Waals surface area contributed by atoms with Crippen LogP contribution in [0.25, 0.3) is 0 Å². The Balaban J connectivity index is 1.25. The zero-order valence-corrected chi connectivity index (χ0v) is 17.7. The predicted octanol–water partition coefficient (Wildman–Crippen LogP) is 2.34. The molecular weight excluding hydrogens is 372 g/mol. The number of aliphatic imine (C=N–C) groups is 1. The molecule has 8 heteroatoms. The molecule has 2 aliphatic rings. The normalized spacial score (nSPS) is 20.3. The Labute approximate surface area is 170 Å². The van der Waals surface area contributed by atoms with Gasteiger partial charge in [-0.3, -0.25) is 9.67 Å². The fourth-order valence-corrected chi connectivity index (χ4v) is 5.13. The number of morpholine rings is 1. The second-order valence-corrected chi connectivity index (χ2v) is 8.68. The van der Waals surface area contributed by atoms with Crippen molar-refractivity contribution in [3.05, 3.63) is 33.5 Å². The van der Waals surface area contributed by atoms with Crippen LogP contribution in [0.2, 0.25) is 0 Å². The van der Waals surface area contributed by atoms with Crippen molar-refractivity contribution in [2.45, 2.75) is 44.6 Å². The smallest absolute Gasteiger partial charge is 0.193 e. The number of nitrogens with zero attached hydrogens (tertiary/aromatic N) is 5. The third-order valence-electron chi connectivity index (χ3n) is 5.41. The molecule has 152 valence electrons. The lowest BCUT2D eigenvalue weighted by Crippen LogP contribution is -2.48. The highest BCUT2D eigenvalue weighted by Crippen LogP contribution is 2.27. The molecule has 0 spiro atoms. The Morgan fingerprint density at radius 3 is 3.07 bits per heavy atom. The van der Waals surface area contributed by atoms with Crippen LogP contribution < -0.4 is 5.32 Å². The fraction of sp³-hybridized carbons (Fsp3) is 0.650. The first-order valence-corrected chi connectivity index (χ1v) is 11.1. The van der Waals surface area contributed by atoms with Gasteiger partial charge in [0, 0.05) is 50.2 Å². The van der Waals surface area contributed by atoms with Crippen LogP contribution in [0.1, 0.15) is 46.5 Å². The molecule has 1 aliphatic heterocycles. The average Bonchev–Trinajstić information content (AvgIpc) is 3.34. The van der Waals surface area contributed by atoms with Crippen molar-refractivity contribution in [2.24, 2.45) is 12.0 Å². The Kier molecular flexibility index (Phi) is 6.26. The molecule has 1 unspecified atom stereocenters. The van der Waals surface area contributed by atoms with Gasteiger partial charge in [-0.2, -0.15) is 5.10 Å². The minimum Gasteiger partial charge on any atom is -0.370 e. The van der Waals surface area contributed by atoms with Crippen LogP contribution in [-0.2, 0) is 31.0 Å². The third-order valence-corrected chi connectivity index (χ3v) is 6.63. The first-order valence-electron chi connectivity index (χ1n) is 10.3. The van der Waals surface area contributed by atoms with Crippen LogP contribution in [0.4, 0.5) is 0 Å². The summed E-state index contributed by atoms with van der Waals surface area (Å²) in [7, 11) is 3.79. The second-order valence-electron chi connectivity index (χ2n) is 7.51. The van der Waals surface area contributed by atoms with E-state index in [1.54, 1.807) is 0 Å². The molecule has 28 heavy (non-hydrogen) atoms. The van der Waals surface area contributed by atoms with E-state index < -0.39 is 0 Å². The molecule has 1 fully saturated rings. The molecule has 0 radical (unpaired) electrons. The summed E-state index contributed by atoms with van der Waals surface area (Å²) < 4.78 is 7.76. The molecule has 1 N–H and O–H groups in total. The maximum absolute atomic E-state index is 5.94. The van der Waals surface area contributed by atoms with Gasteiger partial charge in [-0.05, 0) is 32.1 Å². The van der Waals surface area contributed by atoms with Crippen molar-refractivity contribution in [3.63, 3.8) is 0 Å². The molecule has 4 rings (SSSR count). The summed E-state index contributed by atoms with van der Waals surface area (Å²) in [4.78, 5) is 13.1. The van der Waals surface area contributed by atoms with Crippen molar-refractivity contribution in [1.82, 2.24) is 25.0 Å². The molecule has 1 aliphatic carbocycles. The van der Waals surface area contributed by atoms with E-state index in [1.165, 1.54) is 41.3 Å². The zero-order chi connectivity index (χ0) is 19.3. The number of hydrogen-bond donors (Lipinski definition) is 1. The van der Waals surface area contributed by atoms with Crippen molar-refractivity contribution in [1.29, 1.82) is 0 Å². The number of nitrogens with one attached hydrogen (secondary N) is 1. The molecule has 7 nitrogen and oxygen atoms in total. The van der Waals surface area contributed by atoms with Crippen molar-refractivity contribution in [3.8, 4) is 0 Å². The van der Waals surface area contributed by atoms with Crippen molar-refractivity contribution >= 4 is 17.3 Å². The van der Waals surface area contributed by atoms with Gasteiger partial charge in [-0.1, -0.05) is 0 Å². The number of fused-ring (bicyclic) bond motifs is 1. The lowest BCUT2D eigenvalue weighted by atomic mass is 10.0. The summed E-state index contributed by atoms with van der Waals surface area (Å²) in [5.41, 5.74) is 2.49. The van der Waals surface area contributed by atoms with Gasteiger partial charge in [-0.25, -0.2) is 4.98 Å². The van der Waals surface area contributed by atoms with Gasteiger partial charge in [0.25, 0.3) is 0 Å². The number of hydrogen-bond acceptors (Lipinski definition) is 5. The molecule has 1 atom stereocenters. The number of thiazole rings is 1. The zero-order valence-electron chi connectivity index (χ0n) is 16.9. The van der Waals surface area contributed by atoms with Crippen LogP contribution in [0, 0.1) is 0 Å². The summed E-state index contributed by atoms with van der Waals surface area (Å²) >= 11 is 1.92. The lowest BCUT2D eigenvalue weighted by Gasteiger charge is -2.34. The highest BCUT2D eigenvalue weighted by Gasteiger charge is 2.25. The Hall–Kier alpha value is -1.93. The lowest BCUT2D eigenvalue weighted by molar-refractivity contribution is -0.00801. The quantitative estimate of drug-likeness (QED) is 0.472. The van der Waals surface area contributed by atoms with E-state index in [4.69, 9.17) is 9.72 Å². The van der Waals surface area contributed by atoms with Crippen LogP contribution in [-0.4, -0.2) is 58.9 Å². The summed E-state index contributed by atoms with van der Waals surface area (Å²) in [5, 5.41) is 9.09. The first-order chi connectivity index (χ1) is 13.7. The molecule has 0 saturated carbocycles. The van der Waals surface area contributed by atoms with Gasteiger partial charge >= 0.3 is 0 Å². The number of guanidine groups is 1. The van der Waals surface area contributed by atoms with Gasteiger partial charge in [0.1, 0.15) is 6.10 Å². The van der Waals surface area contributed by atoms with E-state index in [-0.39, 0.29) is 6.10 Å². The van der Waals surface area contributed by atoms with E-state index in [0.29, 0.717) is 6.61 Å². The van der Waals surface area contributed by atoms with Crippen LogP contribution in [0.15, 0.2) is 17.4 Å².